The van der Waals surface area contributed by atoms with Crippen LogP contribution < -0.4 is 21.3 Å². The molecule has 0 spiro atoms. The van der Waals surface area contributed by atoms with Crippen molar-refractivity contribution >= 4 is 39.9 Å². The number of aliphatic hydroxyl groups excluding tert-OH is 1. The van der Waals surface area contributed by atoms with Crippen molar-refractivity contribution in [2.24, 2.45) is 0 Å². The van der Waals surface area contributed by atoms with Gasteiger partial charge in [-0.25, -0.2) is 18.4 Å². The van der Waals surface area contributed by atoms with Crippen LogP contribution in [0, 0.1) is 11.6 Å². The molecule has 0 radical (unpaired) electrons. The molecule has 2 aromatic carbocycles. The Balaban J connectivity index is 1.88. The normalized spacial score (nSPS) is 13.5. The maximum absolute atomic E-state index is 14.3. The number of carbonyl (C=O) groups is 4. The molecule has 0 aliphatic rings. The first-order valence-electron chi connectivity index (χ1n) is 15.7. The monoisotopic (exact) mass is 740 g/mol. The van der Waals surface area contributed by atoms with E-state index in [4.69, 9.17) is 9.47 Å². The van der Waals surface area contributed by atoms with Crippen LogP contribution in [0.3, 0.4) is 0 Å². The minimum absolute atomic E-state index is 0.00200. The zero-order valence-electron chi connectivity index (χ0n) is 28.3. The Bertz CT molecular complexity index is 1380. The summed E-state index contributed by atoms with van der Waals surface area (Å²) in [6.07, 6.45) is -2.42. The van der Waals surface area contributed by atoms with Gasteiger partial charge in [0, 0.05) is 30.0 Å². The van der Waals surface area contributed by atoms with Gasteiger partial charge >= 0.3 is 12.2 Å². The van der Waals surface area contributed by atoms with Gasteiger partial charge in [-0.3, -0.25) is 9.59 Å². The van der Waals surface area contributed by atoms with Crippen molar-refractivity contribution in [1.29, 1.82) is 0 Å². The summed E-state index contributed by atoms with van der Waals surface area (Å²) in [6.45, 7) is 10.6. The van der Waals surface area contributed by atoms with E-state index in [1.165, 1.54) is 0 Å². The smallest absolute Gasteiger partial charge is 0.407 e. The van der Waals surface area contributed by atoms with E-state index < -0.39 is 65.0 Å². The summed E-state index contributed by atoms with van der Waals surface area (Å²) in [5.74, 6) is -2.43. The molecule has 0 aliphatic heterocycles. The topological polar surface area (TPSA) is 155 Å². The number of amides is 4. The Morgan fingerprint density at radius 3 is 1.96 bits per heavy atom. The van der Waals surface area contributed by atoms with Gasteiger partial charge in [0.1, 0.15) is 22.8 Å². The molecule has 266 valence electrons. The lowest BCUT2D eigenvalue weighted by molar-refractivity contribution is -0.130. The van der Waals surface area contributed by atoms with E-state index in [1.807, 2.05) is 24.3 Å². The van der Waals surface area contributed by atoms with Crippen molar-refractivity contribution in [2.45, 2.75) is 103 Å². The van der Waals surface area contributed by atoms with Gasteiger partial charge in [0.15, 0.2) is 6.10 Å². The molecule has 14 heteroatoms. The first kappa shape index (κ1) is 40.4. The average molecular weight is 742 g/mol. The van der Waals surface area contributed by atoms with Gasteiger partial charge in [-0.15, -0.1) is 0 Å². The lowest BCUT2D eigenvalue weighted by Gasteiger charge is -2.26. The van der Waals surface area contributed by atoms with E-state index in [2.05, 4.69) is 37.2 Å². The van der Waals surface area contributed by atoms with Gasteiger partial charge in [-0.1, -0.05) is 28.1 Å². The van der Waals surface area contributed by atoms with Crippen LogP contribution in [0.2, 0.25) is 0 Å². The Morgan fingerprint density at radius 1 is 0.812 bits per heavy atom. The molecule has 0 saturated carbocycles. The van der Waals surface area contributed by atoms with Gasteiger partial charge < -0.3 is 35.8 Å². The molecule has 5 N–H and O–H groups in total. The van der Waals surface area contributed by atoms with Crippen molar-refractivity contribution in [2.75, 3.05) is 13.1 Å². The van der Waals surface area contributed by atoms with Crippen LogP contribution in [0.5, 0.6) is 0 Å². The van der Waals surface area contributed by atoms with Crippen LogP contribution in [0.25, 0.3) is 0 Å². The second kappa shape index (κ2) is 18.7. The molecule has 0 heterocycles. The Kier molecular flexibility index (Phi) is 15.7. The summed E-state index contributed by atoms with van der Waals surface area (Å²) in [4.78, 5) is 50.3. The minimum Gasteiger partial charge on any atom is -0.444 e. The molecule has 2 aromatic rings. The molecule has 11 nitrogen and oxygen atoms in total. The van der Waals surface area contributed by atoms with Crippen LogP contribution >= 0.6 is 15.9 Å². The van der Waals surface area contributed by atoms with Crippen LogP contribution in [0.4, 0.5) is 18.4 Å². The van der Waals surface area contributed by atoms with Gasteiger partial charge in [0.2, 0.25) is 5.91 Å². The molecule has 0 bridgehead atoms. The van der Waals surface area contributed by atoms with Crippen LogP contribution in [0.15, 0.2) is 46.9 Å². The van der Waals surface area contributed by atoms with Gasteiger partial charge in [-0.05, 0) is 109 Å². The van der Waals surface area contributed by atoms with Crippen molar-refractivity contribution in [3.63, 3.8) is 0 Å². The molecule has 48 heavy (non-hydrogen) atoms. The summed E-state index contributed by atoms with van der Waals surface area (Å²) in [7, 11) is 0. The lowest BCUT2D eigenvalue weighted by Crippen LogP contribution is -2.52. The number of hydrogen-bond donors (Lipinski definition) is 5. The molecular formula is C34H47BrF2N4O7. The van der Waals surface area contributed by atoms with E-state index in [-0.39, 0.29) is 37.9 Å². The minimum atomic E-state index is -1.57. The second-order valence-electron chi connectivity index (χ2n) is 13.4. The number of rotatable bonds is 15. The van der Waals surface area contributed by atoms with E-state index in [0.717, 1.165) is 28.2 Å². The van der Waals surface area contributed by atoms with Gasteiger partial charge in [0.25, 0.3) is 5.91 Å². The average Bonchev–Trinajstić information content (AvgIpc) is 2.95. The fraction of sp³-hybridized carbons (Fsp3) is 0.529. The van der Waals surface area contributed by atoms with Crippen molar-refractivity contribution < 1.29 is 42.5 Å². The molecule has 0 aromatic heterocycles. The summed E-state index contributed by atoms with van der Waals surface area (Å²) < 4.78 is 39.4. The molecule has 3 atom stereocenters. The predicted molar refractivity (Wildman–Crippen MR) is 180 cm³/mol. The van der Waals surface area contributed by atoms with Crippen LogP contribution in [-0.4, -0.2) is 71.6 Å². The van der Waals surface area contributed by atoms with Crippen LogP contribution in [0.1, 0.15) is 71.9 Å². The number of ether oxygens (including phenoxy) is 2. The molecule has 0 aliphatic carbocycles. The highest BCUT2D eigenvalue weighted by Crippen LogP contribution is 2.16. The number of nitrogens with one attached hydrogen (secondary N) is 4. The molecule has 1 unspecified atom stereocenters. The first-order chi connectivity index (χ1) is 22.3. The number of aliphatic hydroxyl groups is 1. The Morgan fingerprint density at radius 2 is 1.38 bits per heavy atom. The second-order valence-corrected chi connectivity index (χ2v) is 14.3. The number of hydrogen-bond acceptors (Lipinski definition) is 7. The Labute approximate surface area is 289 Å². The number of halogens is 3. The molecule has 0 saturated heterocycles. The fourth-order valence-electron chi connectivity index (χ4n) is 4.46. The fourth-order valence-corrected chi connectivity index (χ4v) is 4.73. The standard InChI is InChI=1S/C34H47BrF2N4O7/c1-33(2,3)47-31(45)40-25(19-22-18-24(36)13-14-26(22)37)20-28(42)38-15-7-8-16-39-30(44)29(43)27(41-32(46)48-34(4,5)6)17-21-9-11-23(35)12-10-21/h9-14,18,25,27,29,43H,7-8,15-17,19-20H2,1-6H3,(H,38,42)(H,39,44)(H,40,45)(H,41,46)/t25?,27-,29+/m1/s1. The molecule has 0 fully saturated rings. The highest BCUT2D eigenvalue weighted by molar-refractivity contribution is 9.10. The third-order valence-electron chi connectivity index (χ3n) is 6.57. The maximum Gasteiger partial charge on any atom is 0.407 e. The maximum atomic E-state index is 14.3. The third kappa shape index (κ3) is 16.4. The Hall–Kier alpha value is -3.78. The number of carbonyl (C=O) groups excluding carboxylic acids is 4. The van der Waals surface area contributed by atoms with E-state index in [9.17, 15) is 33.1 Å². The molecule has 4 amide bonds. The number of unbranched alkanes of at least 4 members (excludes halogenated alkanes) is 1. The highest BCUT2D eigenvalue weighted by atomic mass is 79.9. The lowest BCUT2D eigenvalue weighted by atomic mass is 10.0. The van der Waals surface area contributed by atoms with Crippen molar-refractivity contribution in [3.8, 4) is 0 Å². The summed E-state index contributed by atoms with van der Waals surface area (Å²) in [5.41, 5.74) is -0.792. The number of alkyl carbamates (subject to hydrolysis) is 2. The van der Waals surface area contributed by atoms with Crippen molar-refractivity contribution in [3.05, 3.63) is 69.7 Å². The largest absolute Gasteiger partial charge is 0.444 e. The number of benzene rings is 2. The quantitative estimate of drug-likeness (QED) is 0.160. The predicted octanol–water partition coefficient (Wildman–Crippen LogP) is 5.06. The van der Waals surface area contributed by atoms with E-state index >= 15 is 0 Å². The zero-order valence-corrected chi connectivity index (χ0v) is 29.8. The first-order valence-corrected chi connectivity index (χ1v) is 16.5. The van der Waals surface area contributed by atoms with E-state index in [1.54, 1.807) is 41.5 Å². The SMILES string of the molecule is CC(C)(C)OC(=O)NC(CC(=O)NCCCCNC(=O)[C@@H](O)[C@@H](Cc1ccc(Br)cc1)NC(=O)OC(C)(C)C)Cc1cc(F)ccc1F. The van der Waals surface area contributed by atoms with Gasteiger partial charge in [-0.2, -0.15) is 0 Å². The highest BCUT2D eigenvalue weighted by Gasteiger charge is 2.30. The zero-order chi connectivity index (χ0) is 36.1. The summed E-state index contributed by atoms with van der Waals surface area (Å²) in [5, 5.41) is 21.4. The third-order valence-corrected chi connectivity index (χ3v) is 7.10. The molecular weight excluding hydrogens is 694 g/mol. The van der Waals surface area contributed by atoms with Gasteiger partial charge in [0.05, 0.1) is 6.04 Å². The van der Waals surface area contributed by atoms with Crippen molar-refractivity contribution in [1.82, 2.24) is 21.3 Å². The molecule has 2 rings (SSSR count). The summed E-state index contributed by atoms with van der Waals surface area (Å²) in [6, 6.07) is 8.37. The summed E-state index contributed by atoms with van der Waals surface area (Å²) >= 11 is 3.37. The van der Waals surface area contributed by atoms with Crippen LogP contribution in [-0.2, 0) is 31.9 Å². The van der Waals surface area contributed by atoms with E-state index in [0.29, 0.717) is 12.8 Å².